The number of hydrazone groups is 1. The van der Waals surface area contributed by atoms with Gasteiger partial charge in [0.25, 0.3) is 11.8 Å². The molecule has 26 heavy (non-hydrogen) atoms. The van der Waals surface area contributed by atoms with Crippen LogP contribution in [-0.2, 0) is 9.59 Å². The van der Waals surface area contributed by atoms with E-state index in [0.29, 0.717) is 11.5 Å². The highest BCUT2D eigenvalue weighted by Crippen LogP contribution is 2.73. The Bertz CT molecular complexity index is 837. The van der Waals surface area contributed by atoms with Gasteiger partial charge in [-0.1, -0.05) is 12.2 Å². The molecule has 0 radical (unpaired) electrons. The summed E-state index contributed by atoms with van der Waals surface area (Å²) in [6.45, 7) is 0. The number of rotatable bonds is 4. The van der Waals surface area contributed by atoms with E-state index in [4.69, 9.17) is 9.47 Å². The number of hydrogen-bond acceptors (Lipinski definition) is 5. The van der Waals surface area contributed by atoms with E-state index in [0.717, 1.165) is 23.4 Å². The lowest BCUT2D eigenvalue weighted by molar-refractivity contribution is -0.141. The van der Waals surface area contributed by atoms with Gasteiger partial charge in [-0.3, -0.25) is 9.59 Å². The smallest absolute Gasteiger partial charge is 0.254 e. The van der Waals surface area contributed by atoms with Crippen molar-refractivity contribution in [2.24, 2.45) is 34.2 Å². The van der Waals surface area contributed by atoms with Gasteiger partial charge < -0.3 is 9.47 Å². The second-order valence-electron chi connectivity index (χ2n) is 7.57. The van der Waals surface area contributed by atoms with E-state index < -0.39 is 0 Å². The minimum Gasteiger partial charge on any atom is -0.493 e. The normalized spacial score (nSPS) is 32.8. The number of carbonyl (C=O) groups excluding carboxylic acids is 2. The minimum atomic E-state index is -0.220. The average molecular weight is 352 g/mol. The van der Waals surface area contributed by atoms with Crippen LogP contribution in [0, 0.1) is 29.1 Å². The van der Waals surface area contributed by atoms with Crippen LogP contribution < -0.4 is 9.47 Å². The number of imide groups is 1. The van der Waals surface area contributed by atoms with Crippen LogP contribution in [0.15, 0.2) is 35.5 Å². The van der Waals surface area contributed by atoms with Crippen molar-refractivity contribution in [2.75, 3.05) is 14.2 Å². The van der Waals surface area contributed by atoms with E-state index >= 15 is 0 Å². The van der Waals surface area contributed by atoms with Crippen LogP contribution in [0.2, 0.25) is 0 Å². The van der Waals surface area contributed by atoms with Crippen molar-refractivity contribution in [3.63, 3.8) is 0 Å². The number of allylic oxidation sites excluding steroid dienone is 2. The second kappa shape index (κ2) is 5.19. The Hall–Kier alpha value is -2.63. The topological polar surface area (TPSA) is 68.2 Å². The standard InChI is InChI=1S/C20H20N2O4/c1-25-14-6-3-11(9-15(14)26-2)10-21-22-18(23)16-12-4-5-13(17(16)19(22)24)20(12)7-8-20/h3-6,9-10,12-13,16-17H,7-8H2,1-2H3/b21-10-/t12-,13-,16-,17-/m0/s1. The summed E-state index contributed by atoms with van der Waals surface area (Å²) in [5.74, 6) is 0.880. The van der Waals surface area contributed by atoms with Crippen LogP contribution in [0.3, 0.4) is 0 Å². The number of hydrogen-bond donors (Lipinski definition) is 0. The molecule has 6 nitrogen and oxygen atoms in total. The molecule has 6 heteroatoms. The summed E-state index contributed by atoms with van der Waals surface area (Å²) in [4.78, 5) is 25.7. The molecule has 3 fully saturated rings. The molecule has 2 amide bonds. The Morgan fingerprint density at radius 1 is 1.04 bits per heavy atom. The molecule has 0 aromatic heterocycles. The van der Waals surface area contributed by atoms with Gasteiger partial charge in [0.15, 0.2) is 11.5 Å². The molecule has 2 bridgehead atoms. The van der Waals surface area contributed by atoms with Crippen LogP contribution in [0.4, 0.5) is 0 Å². The first-order chi connectivity index (χ1) is 12.6. The highest BCUT2D eigenvalue weighted by molar-refractivity contribution is 6.07. The van der Waals surface area contributed by atoms with Gasteiger partial charge in [-0.25, -0.2) is 0 Å². The monoisotopic (exact) mass is 352 g/mol. The Balaban J connectivity index is 1.40. The summed E-state index contributed by atoms with van der Waals surface area (Å²) in [7, 11) is 3.13. The largest absolute Gasteiger partial charge is 0.493 e. The lowest BCUT2D eigenvalue weighted by atomic mass is 9.85. The summed E-state index contributed by atoms with van der Waals surface area (Å²) in [5.41, 5.74) is 0.944. The molecule has 1 heterocycles. The maximum absolute atomic E-state index is 12.9. The van der Waals surface area contributed by atoms with Crippen LogP contribution in [0.25, 0.3) is 0 Å². The molecule has 4 aliphatic rings. The maximum Gasteiger partial charge on any atom is 0.254 e. The van der Waals surface area contributed by atoms with Gasteiger partial charge >= 0.3 is 0 Å². The van der Waals surface area contributed by atoms with Crippen molar-refractivity contribution >= 4 is 18.0 Å². The summed E-state index contributed by atoms with van der Waals surface area (Å²) in [5, 5.41) is 5.30. The summed E-state index contributed by atoms with van der Waals surface area (Å²) < 4.78 is 10.5. The highest BCUT2D eigenvalue weighted by Gasteiger charge is 2.73. The molecule has 0 unspecified atom stereocenters. The lowest BCUT2D eigenvalue weighted by Crippen LogP contribution is -2.30. The number of methoxy groups -OCH3 is 2. The molecular weight excluding hydrogens is 332 g/mol. The van der Waals surface area contributed by atoms with Crippen molar-refractivity contribution < 1.29 is 19.1 Å². The Morgan fingerprint density at radius 2 is 1.65 bits per heavy atom. The molecule has 1 spiro atoms. The molecular formula is C20H20N2O4. The highest BCUT2D eigenvalue weighted by atomic mass is 16.5. The number of amides is 2. The van der Waals surface area contributed by atoms with Crippen molar-refractivity contribution in [1.82, 2.24) is 5.01 Å². The van der Waals surface area contributed by atoms with Crippen LogP contribution >= 0.6 is 0 Å². The predicted molar refractivity (Wildman–Crippen MR) is 93.8 cm³/mol. The third-order valence-electron chi connectivity index (χ3n) is 6.56. The molecule has 1 aromatic rings. The van der Waals surface area contributed by atoms with Gasteiger partial charge in [0.05, 0.1) is 32.3 Å². The van der Waals surface area contributed by atoms with Gasteiger partial charge in [0.1, 0.15) is 0 Å². The van der Waals surface area contributed by atoms with E-state index in [1.807, 2.05) is 0 Å². The fourth-order valence-corrected chi connectivity index (χ4v) is 5.23. The van der Waals surface area contributed by atoms with E-state index in [1.165, 1.54) is 6.21 Å². The zero-order valence-corrected chi connectivity index (χ0v) is 14.7. The molecule has 4 atom stereocenters. The molecule has 134 valence electrons. The Labute approximate surface area is 151 Å². The van der Waals surface area contributed by atoms with Crippen molar-refractivity contribution in [3.05, 3.63) is 35.9 Å². The first kappa shape index (κ1) is 15.6. The quantitative estimate of drug-likeness (QED) is 0.473. The fraction of sp³-hybridized carbons (Fsp3) is 0.450. The molecule has 3 aliphatic carbocycles. The molecule has 1 aromatic carbocycles. The van der Waals surface area contributed by atoms with E-state index in [-0.39, 0.29) is 40.9 Å². The number of ether oxygens (including phenoxy) is 2. The van der Waals surface area contributed by atoms with E-state index in [1.54, 1.807) is 32.4 Å². The number of fused-ring (bicyclic) bond motifs is 3. The second-order valence-corrected chi connectivity index (χ2v) is 7.57. The third-order valence-corrected chi connectivity index (χ3v) is 6.56. The van der Waals surface area contributed by atoms with Gasteiger partial charge in [0, 0.05) is 0 Å². The van der Waals surface area contributed by atoms with Crippen LogP contribution in [0.5, 0.6) is 11.5 Å². The van der Waals surface area contributed by atoms with Crippen LogP contribution in [0.1, 0.15) is 18.4 Å². The molecule has 2 saturated carbocycles. The van der Waals surface area contributed by atoms with Gasteiger partial charge in [-0.15, -0.1) is 0 Å². The van der Waals surface area contributed by atoms with E-state index in [2.05, 4.69) is 17.3 Å². The molecule has 5 rings (SSSR count). The van der Waals surface area contributed by atoms with Gasteiger partial charge in [-0.05, 0) is 53.9 Å². The van der Waals surface area contributed by atoms with Gasteiger partial charge in [-0.2, -0.15) is 10.1 Å². The summed E-state index contributed by atoms with van der Waals surface area (Å²) in [6.07, 6.45) is 8.12. The fourth-order valence-electron chi connectivity index (χ4n) is 5.23. The first-order valence-electron chi connectivity index (χ1n) is 8.93. The third kappa shape index (κ3) is 1.84. The SMILES string of the molecule is COc1ccc(/C=N\N2C(=O)[C@@H]3[C@@H](C2=O)[C@@H]2C=C[C@@H]3C23CC3)cc1OC. The minimum absolute atomic E-state index is 0.153. The lowest BCUT2D eigenvalue weighted by Gasteiger charge is -2.18. The van der Waals surface area contributed by atoms with Crippen molar-refractivity contribution in [1.29, 1.82) is 0 Å². The molecule has 1 aliphatic heterocycles. The van der Waals surface area contributed by atoms with Gasteiger partial charge in [0.2, 0.25) is 0 Å². The number of carbonyl (C=O) groups is 2. The maximum atomic E-state index is 12.9. The summed E-state index contributed by atoms with van der Waals surface area (Å²) >= 11 is 0. The van der Waals surface area contributed by atoms with Crippen molar-refractivity contribution in [3.8, 4) is 11.5 Å². The van der Waals surface area contributed by atoms with E-state index in [9.17, 15) is 9.59 Å². The molecule has 1 saturated heterocycles. The zero-order chi connectivity index (χ0) is 18.1. The van der Waals surface area contributed by atoms with Crippen LogP contribution in [-0.4, -0.2) is 37.3 Å². The average Bonchev–Trinajstić information content (AvgIpc) is 3.26. The predicted octanol–water partition coefficient (Wildman–Crippen LogP) is 2.23. The first-order valence-corrected chi connectivity index (χ1v) is 8.93. The molecule has 0 N–H and O–H groups in total. The summed E-state index contributed by atoms with van der Waals surface area (Å²) in [6, 6.07) is 5.34. The zero-order valence-electron chi connectivity index (χ0n) is 14.7. The number of nitrogens with zero attached hydrogens (tertiary/aromatic N) is 2. The Morgan fingerprint density at radius 3 is 2.19 bits per heavy atom. The Kier molecular flexibility index (Phi) is 3.12. The van der Waals surface area contributed by atoms with Crippen molar-refractivity contribution in [2.45, 2.75) is 12.8 Å². The number of benzene rings is 1.